The molecule has 1 amide bonds. The van der Waals surface area contributed by atoms with Gasteiger partial charge in [-0.25, -0.2) is 4.79 Å². The van der Waals surface area contributed by atoms with E-state index < -0.39 is 5.97 Å². The van der Waals surface area contributed by atoms with E-state index in [1.165, 1.54) is 0 Å². The van der Waals surface area contributed by atoms with Crippen LogP contribution in [-0.2, 0) is 14.3 Å². The largest absolute Gasteiger partial charge is 0.497 e. The number of nitrogens with zero attached hydrogens (tertiary/aromatic N) is 2. The summed E-state index contributed by atoms with van der Waals surface area (Å²) in [5.74, 6) is 0.759. The van der Waals surface area contributed by atoms with Gasteiger partial charge in [-0.2, -0.15) is 0 Å². The lowest BCUT2D eigenvalue weighted by Crippen LogP contribution is -2.50. The Bertz CT molecular complexity index is 895. The number of piperazine rings is 1. The minimum Gasteiger partial charge on any atom is -0.497 e. The van der Waals surface area contributed by atoms with Crippen LogP contribution < -0.4 is 14.4 Å². The molecule has 1 aliphatic rings. The molecule has 7 nitrogen and oxygen atoms in total. The number of esters is 1. The molecule has 31 heavy (non-hydrogen) atoms. The van der Waals surface area contributed by atoms with Gasteiger partial charge in [-0.15, -0.1) is 0 Å². The Kier molecular flexibility index (Phi) is 7.39. The van der Waals surface area contributed by atoms with E-state index >= 15 is 0 Å². The van der Waals surface area contributed by atoms with Gasteiger partial charge in [0, 0.05) is 31.9 Å². The summed E-state index contributed by atoms with van der Waals surface area (Å²) in [6.07, 6.45) is 0. The fraction of sp³-hybridized carbons (Fsp3) is 0.417. The van der Waals surface area contributed by atoms with E-state index in [9.17, 15) is 9.59 Å². The summed E-state index contributed by atoms with van der Waals surface area (Å²) in [6.45, 7) is 8.02. The number of hydrogen-bond donors (Lipinski definition) is 0. The summed E-state index contributed by atoms with van der Waals surface area (Å²) < 4.78 is 16.0. The molecule has 166 valence electrons. The Hall–Kier alpha value is -3.22. The molecule has 0 aromatic heterocycles. The number of carbonyl (C=O) groups excluding carboxylic acids is 2. The maximum Gasteiger partial charge on any atom is 0.344 e. The van der Waals surface area contributed by atoms with Gasteiger partial charge in [-0.1, -0.05) is 17.7 Å². The van der Waals surface area contributed by atoms with E-state index in [1.807, 2.05) is 57.2 Å². The Morgan fingerprint density at radius 2 is 1.52 bits per heavy atom. The van der Waals surface area contributed by atoms with E-state index in [-0.39, 0.29) is 19.1 Å². The first-order chi connectivity index (χ1) is 14.9. The van der Waals surface area contributed by atoms with Crippen LogP contribution in [0.25, 0.3) is 0 Å². The maximum absolute atomic E-state index is 12.4. The molecular weight excluding hydrogens is 396 g/mol. The van der Waals surface area contributed by atoms with Crippen LogP contribution in [-0.4, -0.2) is 63.3 Å². The van der Waals surface area contributed by atoms with Gasteiger partial charge in [-0.05, 0) is 56.2 Å². The average molecular weight is 427 g/mol. The van der Waals surface area contributed by atoms with Gasteiger partial charge in [0.15, 0.2) is 13.2 Å². The summed E-state index contributed by atoms with van der Waals surface area (Å²) in [5, 5.41) is 0. The number of rotatable bonds is 7. The highest BCUT2D eigenvalue weighted by molar-refractivity contribution is 5.81. The quantitative estimate of drug-likeness (QED) is 0.634. The van der Waals surface area contributed by atoms with Crippen LogP contribution >= 0.6 is 0 Å². The molecule has 0 unspecified atom stereocenters. The van der Waals surface area contributed by atoms with Crippen LogP contribution in [0.5, 0.6) is 11.5 Å². The summed E-state index contributed by atoms with van der Waals surface area (Å²) in [5.41, 5.74) is 4.17. The lowest BCUT2D eigenvalue weighted by atomic mass is 10.1. The van der Waals surface area contributed by atoms with Crippen molar-refractivity contribution in [3.63, 3.8) is 0 Å². The zero-order valence-corrected chi connectivity index (χ0v) is 18.6. The lowest BCUT2D eigenvalue weighted by Gasteiger charge is -2.36. The highest BCUT2D eigenvalue weighted by atomic mass is 16.6. The minimum absolute atomic E-state index is 0.189. The second-order valence-electron chi connectivity index (χ2n) is 7.74. The first-order valence-electron chi connectivity index (χ1n) is 10.4. The number of amides is 1. The first kappa shape index (κ1) is 22.5. The molecule has 0 aliphatic carbocycles. The molecule has 3 rings (SSSR count). The third-order valence-electron chi connectivity index (χ3n) is 5.37. The lowest BCUT2D eigenvalue weighted by molar-refractivity contribution is -0.153. The number of carbonyl (C=O) groups is 2. The monoisotopic (exact) mass is 426 g/mol. The molecule has 1 fully saturated rings. The van der Waals surface area contributed by atoms with Crippen LogP contribution in [0.15, 0.2) is 36.4 Å². The molecule has 0 saturated carbocycles. The van der Waals surface area contributed by atoms with Gasteiger partial charge < -0.3 is 24.0 Å². The van der Waals surface area contributed by atoms with Crippen molar-refractivity contribution in [1.29, 1.82) is 0 Å². The van der Waals surface area contributed by atoms with Crippen LogP contribution in [0.3, 0.4) is 0 Å². The van der Waals surface area contributed by atoms with Crippen molar-refractivity contribution in [2.24, 2.45) is 0 Å². The highest BCUT2D eigenvalue weighted by Crippen LogP contribution is 2.24. The standard InChI is InChI=1S/C24H30N2O5/c1-17-13-18(2)24(19(3)14-17)31-16-23(28)30-15-22(27)26-11-9-25(10-12-26)20-5-7-21(29-4)8-6-20/h5-8,13-14H,9-12,15-16H2,1-4H3. The molecule has 0 spiro atoms. The topological polar surface area (TPSA) is 68.3 Å². The number of methoxy groups -OCH3 is 1. The molecule has 2 aromatic carbocycles. The van der Waals surface area contributed by atoms with Gasteiger partial charge in [0.1, 0.15) is 11.5 Å². The average Bonchev–Trinajstić information content (AvgIpc) is 2.77. The third-order valence-corrected chi connectivity index (χ3v) is 5.37. The van der Waals surface area contributed by atoms with Crippen LogP contribution in [0.2, 0.25) is 0 Å². The van der Waals surface area contributed by atoms with Crippen molar-refractivity contribution in [3.8, 4) is 11.5 Å². The van der Waals surface area contributed by atoms with Gasteiger partial charge >= 0.3 is 5.97 Å². The van der Waals surface area contributed by atoms with E-state index in [1.54, 1.807) is 12.0 Å². The summed E-state index contributed by atoms with van der Waals surface area (Å²) >= 11 is 0. The predicted octanol–water partition coefficient (Wildman–Crippen LogP) is 2.89. The normalized spacial score (nSPS) is 13.7. The van der Waals surface area contributed by atoms with Crippen molar-refractivity contribution >= 4 is 17.6 Å². The maximum atomic E-state index is 12.4. The van der Waals surface area contributed by atoms with Crippen LogP contribution in [0.4, 0.5) is 5.69 Å². The molecule has 1 heterocycles. The number of aryl methyl sites for hydroxylation is 3. The Labute approximate surface area is 183 Å². The fourth-order valence-electron chi connectivity index (χ4n) is 3.81. The SMILES string of the molecule is COc1ccc(N2CCN(C(=O)COC(=O)COc3c(C)cc(C)cc3C)CC2)cc1. The van der Waals surface area contributed by atoms with E-state index in [4.69, 9.17) is 14.2 Å². The third kappa shape index (κ3) is 5.90. The molecular formula is C24H30N2O5. The van der Waals surface area contributed by atoms with Gasteiger partial charge in [-0.3, -0.25) is 4.79 Å². The fourth-order valence-corrected chi connectivity index (χ4v) is 3.81. The molecule has 7 heteroatoms. The van der Waals surface area contributed by atoms with Gasteiger partial charge in [0.05, 0.1) is 7.11 Å². The molecule has 1 aliphatic heterocycles. The van der Waals surface area contributed by atoms with Crippen molar-refractivity contribution in [2.45, 2.75) is 20.8 Å². The predicted molar refractivity (Wildman–Crippen MR) is 119 cm³/mol. The van der Waals surface area contributed by atoms with Crippen molar-refractivity contribution in [3.05, 3.63) is 53.1 Å². The van der Waals surface area contributed by atoms with E-state index in [0.29, 0.717) is 18.8 Å². The summed E-state index contributed by atoms with van der Waals surface area (Å²) in [4.78, 5) is 28.4. The zero-order chi connectivity index (χ0) is 22.4. The molecule has 0 radical (unpaired) electrons. The number of benzene rings is 2. The smallest absolute Gasteiger partial charge is 0.344 e. The second-order valence-corrected chi connectivity index (χ2v) is 7.74. The zero-order valence-electron chi connectivity index (χ0n) is 18.6. The van der Waals surface area contributed by atoms with Crippen LogP contribution in [0, 0.1) is 20.8 Å². The van der Waals surface area contributed by atoms with Crippen LogP contribution in [0.1, 0.15) is 16.7 Å². The van der Waals surface area contributed by atoms with Gasteiger partial charge in [0.2, 0.25) is 0 Å². The Balaban J connectivity index is 1.41. The van der Waals surface area contributed by atoms with Crippen molar-refractivity contribution in [2.75, 3.05) is 51.4 Å². The minimum atomic E-state index is -0.551. The molecule has 0 atom stereocenters. The molecule has 0 bridgehead atoms. The first-order valence-corrected chi connectivity index (χ1v) is 10.4. The Morgan fingerprint density at radius 1 is 0.903 bits per heavy atom. The summed E-state index contributed by atoms with van der Waals surface area (Å²) in [7, 11) is 1.64. The highest BCUT2D eigenvalue weighted by Gasteiger charge is 2.22. The Morgan fingerprint density at radius 3 is 2.10 bits per heavy atom. The van der Waals surface area contributed by atoms with E-state index in [2.05, 4.69) is 4.90 Å². The van der Waals surface area contributed by atoms with Crippen molar-refractivity contribution < 1.29 is 23.8 Å². The molecule has 2 aromatic rings. The number of ether oxygens (including phenoxy) is 3. The van der Waals surface area contributed by atoms with Gasteiger partial charge in [0.25, 0.3) is 5.91 Å². The molecule has 0 N–H and O–H groups in total. The number of anilines is 1. The van der Waals surface area contributed by atoms with Crippen molar-refractivity contribution in [1.82, 2.24) is 4.90 Å². The van der Waals surface area contributed by atoms with E-state index in [0.717, 1.165) is 41.2 Å². The number of hydrogen-bond acceptors (Lipinski definition) is 6. The summed E-state index contributed by atoms with van der Waals surface area (Å²) in [6, 6.07) is 11.9. The second kappa shape index (κ2) is 10.2. The molecule has 1 saturated heterocycles.